The van der Waals surface area contributed by atoms with Crippen molar-refractivity contribution in [1.29, 1.82) is 0 Å². The standard InChI is InChI=1S/C13H14ClN3OS/c1-3-11-7(2)19-13(16-11)17-12(18)8-4-9(14)6-10(15)5-8/h4-6H,3,15H2,1-2H3,(H,16,17,18). The smallest absolute Gasteiger partial charge is 0.257 e. The van der Waals surface area contributed by atoms with Gasteiger partial charge in [-0.15, -0.1) is 11.3 Å². The van der Waals surface area contributed by atoms with Gasteiger partial charge in [-0.2, -0.15) is 0 Å². The minimum Gasteiger partial charge on any atom is -0.399 e. The molecular weight excluding hydrogens is 282 g/mol. The summed E-state index contributed by atoms with van der Waals surface area (Å²) in [6.45, 7) is 4.02. The van der Waals surface area contributed by atoms with Crippen molar-refractivity contribution < 1.29 is 4.79 Å². The van der Waals surface area contributed by atoms with Crippen LogP contribution in [0, 0.1) is 6.92 Å². The summed E-state index contributed by atoms with van der Waals surface area (Å²) in [5, 5.41) is 3.80. The molecule has 0 aliphatic rings. The van der Waals surface area contributed by atoms with Crippen LogP contribution >= 0.6 is 22.9 Å². The second kappa shape index (κ2) is 5.59. The molecule has 0 atom stereocenters. The Kier molecular flexibility index (Phi) is 4.07. The second-order valence-corrected chi connectivity index (χ2v) is 5.74. The number of hydrogen-bond acceptors (Lipinski definition) is 4. The Morgan fingerprint density at radius 2 is 2.21 bits per heavy atom. The van der Waals surface area contributed by atoms with Crippen molar-refractivity contribution in [3.63, 3.8) is 0 Å². The maximum Gasteiger partial charge on any atom is 0.257 e. The lowest BCUT2D eigenvalue weighted by atomic mass is 10.2. The van der Waals surface area contributed by atoms with Crippen LogP contribution in [0.3, 0.4) is 0 Å². The highest BCUT2D eigenvalue weighted by Gasteiger charge is 2.12. The van der Waals surface area contributed by atoms with E-state index >= 15 is 0 Å². The molecule has 0 aliphatic carbocycles. The summed E-state index contributed by atoms with van der Waals surface area (Å²) in [7, 11) is 0. The number of benzene rings is 1. The zero-order valence-corrected chi connectivity index (χ0v) is 12.2. The van der Waals surface area contributed by atoms with Gasteiger partial charge in [0.1, 0.15) is 0 Å². The molecular formula is C13H14ClN3OS. The predicted octanol–water partition coefficient (Wildman–Crippen LogP) is 3.50. The SMILES string of the molecule is CCc1nc(NC(=O)c2cc(N)cc(Cl)c2)sc1C. The molecule has 0 aliphatic heterocycles. The minimum atomic E-state index is -0.259. The van der Waals surface area contributed by atoms with Gasteiger partial charge in [0, 0.05) is 21.2 Å². The van der Waals surface area contributed by atoms with Gasteiger partial charge < -0.3 is 5.73 Å². The number of aryl methyl sites for hydroxylation is 2. The molecule has 2 rings (SSSR count). The summed E-state index contributed by atoms with van der Waals surface area (Å²) in [5.41, 5.74) is 7.56. The lowest BCUT2D eigenvalue weighted by molar-refractivity contribution is 0.102. The first-order valence-electron chi connectivity index (χ1n) is 5.83. The number of hydrogen-bond donors (Lipinski definition) is 2. The van der Waals surface area contributed by atoms with E-state index in [9.17, 15) is 4.79 Å². The molecule has 3 N–H and O–H groups in total. The highest BCUT2D eigenvalue weighted by molar-refractivity contribution is 7.15. The van der Waals surface area contributed by atoms with Crippen molar-refractivity contribution in [2.45, 2.75) is 20.3 Å². The molecule has 0 radical (unpaired) electrons. The number of nitrogen functional groups attached to an aromatic ring is 1. The van der Waals surface area contributed by atoms with Crippen LogP contribution in [0.1, 0.15) is 27.9 Å². The largest absolute Gasteiger partial charge is 0.399 e. The zero-order valence-electron chi connectivity index (χ0n) is 10.7. The van der Waals surface area contributed by atoms with Crippen molar-refractivity contribution in [1.82, 2.24) is 4.98 Å². The van der Waals surface area contributed by atoms with Crippen LogP contribution in [-0.4, -0.2) is 10.9 Å². The van der Waals surface area contributed by atoms with E-state index in [1.54, 1.807) is 18.2 Å². The Hall–Kier alpha value is -1.59. The first-order chi connectivity index (χ1) is 8.99. The third-order valence-corrected chi connectivity index (χ3v) is 3.78. The number of carbonyl (C=O) groups excluding carboxylic acids is 1. The van der Waals surface area contributed by atoms with Gasteiger partial charge in [0.25, 0.3) is 5.91 Å². The summed E-state index contributed by atoms with van der Waals surface area (Å²) in [4.78, 5) is 17.5. The van der Waals surface area contributed by atoms with Crippen molar-refractivity contribution in [2.75, 3.05) is 11.1 Å². The quantitative estimate of drug-likeness (QED) is 0.852. The maximum absolute atomic E-state index is 12.1. The van der Waals surface area contributed by atoms with E-state index in [1.165, 1.54) is 11.3 Å². The molecule has 0 saturated heterocycles. The highest BCUT2D eigenvalue weighted by atomic mass is 35.5. The predicted molar refractivity (Wildman–Crippen MR) is 80.0 cm³/mol. The number of halogens is 1. The Morgan fingerprint density at radius 1 is 1.47 bits per heavy atom. The summed E-state index contributed by atoms with van der Waals surface area (Å²) in [6, 6.07) is 4.76. The second-order valence-electron chi connectivity index (χ2n) is 4.10. The van der Waals surface area contributed by atoms with E-state index in [0.717, 1.165) is 17.0 Å². The van der Waals surface area contributed by atoms with E-state index in [-0.39, 0.29) is 5.91 Å². The van der Waals surface area contributed by atoms with Gasteiger partial charge >= 0.3 is 0 Å². The molecule has 6 heteroatoms. The Labute approximate surface area is 120 Å². The molecule has 1 aromatic carbocycles. The zero-order chi connectivity index (χ0) is 14.0. The molecule has 19 heavy (non-hydrogen) atoms. The van der Waals surface area contributed by atoms with Crippen molar-refractivity contribution in [3.8, 4) is 0 Å². The number of nitrogens with two attached hydrogens (primary N) is 1. The number of aromatic nitrogens is 1. The van der Waals surface area contributed by atoms with Gasteiger partial charge in [-0.25, -0.2) is 4.98 Å². The number of nitrogens with one attached hydrogen (secondary N) is 1. The molecule has 1 amide bonds. The van der Waals surface area contributed by atoms with E-state index < -0.39 is 0 Å². The number of thiazole rings is 1. The molecule has 4 nitrogen and oxygen atoms in total. The van der Waals surface area contributed by atoms with E-state index in [2.05, 4.69) is 10.3 Å². The number of anilines is 2. The maximum atomic E-state index is 12.1. The molecule has 0 saturated carbocycles. The van der Waals surface area contributed by atoms with Crippen molar-refractivity contribution in [2.24, 2.45) is 0 Å². The topological polar surface area (TPSA) is 68.0 Å². The van der Waals surface area contributed by atoms with Crippen molar-refractivity contribution >= 4 is 39.7 Å². The first-order valence-corrected chi connectivity index (χ1v) is 7.02. The van der Waals surface area contributed by atoms with Crippen LogP contribution in [0.4, 0.5) is 10.8 Å². The monoisotopic (exact) mass is 295 g/mol. The first kappa shape index (κ1) is 13.8. The van der Waals surface area contributed by atoms with Gasteiger partial charge in [-0.3, -0.25) is 10.1 Å². The number of rotatable bonds is 3. The summed E-state index contributed by atoms with van der Waals surface area (Å²) in [5.74, 6) is -0.259. The van der Waals surface area contributed by atoms with Crippen LogP contribution in [-0.2, 0) is 6.42 Å². The average molecular weight is 296 g/mol. The fourth-order valence-corrected chi connectivity index (χ4v) is 2.86. The molecule has 0 fully saturated rings. The summed E-state index contributed by atoms with van der Waals surface area (Å²) in [6.07, 6.45) is 0.850. The van der Waals surface area contributed by atoms with E-state index in [0.29, 0.717) is 21.4 Å². The Bertz CT molecular complexity index is 604. The van der Waals surface area contributed by atoms with Crippen LogP contribution < -0.4 is 11.1 Å². The summed E-state index contributed by atoms with van der Waals surface area (Å²) < 4.78 is 0. The van der Waals surface area contributed by atoms with Crippen LogP contribution in [0.2, 0.25) is 5.02 Å². The molecule has 0 unspecified atom stereocenters. The third kappa shape index (κ3) is 3.24. The van der Waals surface area contributed by atoms with Crippen molar-refractivity contribution in [3.05, 3.63) is 39.4 Å². The number of nitrogens with zero attached hydrogens (tertiary/aromatic N) is 1. The Morgan fingerprint density at radius 3 is 2.79 bits per heavy atom. The van der Waals surface area contributed by atoms with Crippen LogP contribution in [0.5, 0.6) is 0 Å². The van der Waals surface area contributed by atoms with Gasteiger partial charge in [0.15, 0.2) is 5.13 Å². The van der Waals surface area contributed by atoms with E-state index in [4.69, 9.17) is 17.3 Å². The Balaban J connectivity index is 2.20. The number of carbonyl (C=O) groups is 1. The lowest BCUT2D eigenvalue weighted by Gasteiger charge is -2.03. The fraction of sp³-hybridized carbons (Fsp3) is 0.231. The summed E-state index contributed by atoms with van der Waals surface area (Å²) >= 11 is 7.34. The minimum absolute atomic E-state index is 0.259. The molecule has 1 heterocycles. The van der Waals surface area contributed by atoms with Gasteiger partial charge in [0.05, 0.1) is 5.69 Å². The average Bonchev–Trinajstić information content (AvgIpc) is 2.68. The lowest BCUT2D eigenvalue weighted by Crippen LogP contribution is -2.12. The van der Waals surface area contributed by atoms with Gasteiger partial charge in [-0.1, -0.05) is 18.5 Å². The fourth-order valence-electron chi connectivity index (χ4n) is 1.72. The van der Waals surface area contributed by atoms with E-state index in [1.807, 2.05) is 13.8 Å². The number of amides is 1. The normalized spacial score (nSPS) is 10.5. The molecule has 100 valence electrons. The van der Waals surface area contributed by atoms with Gasteiger partial charge in [-0.05, 0) is 31.5 Å². The molecule has 2 aromatic rings. The third-order valence-electron chi connectivity index (χ3n) is 2.63. The molecule has 0 bridgehead atoms. The van der Waals surface area contributed by atoms with Gasteiger partial charge in [0.2, 0.25) is 0 Å². The van der Waals surface area contributed by atoms with Crippen LogP contribution in [0.15, 0.2) is 18.2 Å². The van der Waals surface area contributed by atoms with Crippen LogP contribution in [0.25, 0.3) is 0 Å². The molecule has 1 aromatic heterocycles. The highest BCUT2D eigenvalue weighted by Crippen LogP contribution is 2.23. The molecule has 0 spiro atoms.